The van der Waals surface area contributed by atoms with E-state index in [1.165, 1.54) is 12.1 Å². The van der Waals surface area contributed by atoms with Gasteiger partial charge in [0.05, 0.1) is 0 Å². The molecule has 3 aromatic rings. The van der Waals surface area contributed by atoms with Crippen LogP contribution in [0, 0.1) is 13.8 Å². The van der Waals surface area contributed by atoms with Gasteiger partial charge in [-0.2, -0.15) is 0 Å². The first kappa shape index (κ1) is 20.1. The van der Waals surface area contributed by atoms with Crippen LogP contribution in [-0.4, -0.2) is 25.0 Å². The van der Waals surface area contributed by atoms with Gasteiger partial charge >= 0.3 is 11.6 Å². The molecule has 7 heteroatoms. The highest BCUT2D eigenvalue weighted by Gasteiger charge is 2.14. The first-order valence-corrected chi connectivity index (χ1v) is 9.15. The number of esters is 1. The first-order valence-electron chi connectivity index (χ1n) is 9.15. The normalized spacial score (nSPS) is 10.6. The van der Waals surface area contributed by atoms with Crippen LogP contribution in [0.15, 0.2) is 51.7 Å². The summed E-state index contributed by atoms with van der Waals surface area (Å²) in [5.41, 5.74) is 1.22. The number of nitrogens with one attached hydrogen (secondary N) is 1. The van der Waals surface area contributed by atoms with Crippen LogP contribution in [0.2, 0.25) is 0 Å². The Labute approximate surface area is 167 Å². The second-order valence-electron chi connectivity index (χ2n) is 6.49. The molecule has 0 saturated carbocycles. The van der Waals surface area contributed by atoms with Gasteiger partial charge in [-0.25, -0.2) is 9.59 Å². The number of fused-ring (bicyclic) bond motifs is 1. The lowest BCUT2D eigenvalue weighted by atomic mass is 10.1. The van der Waals surface area contributed by atoms with E-state index >= 15 is 0 Å². The molecule has 0 radical (unpaired) electrons. The van der Waals surface area contributed by atoms with Crippen molar-refractivity contribution in [1.82, 2.24) is 5.32 Å². The number of aryl methyl sites for hydroxylation is 2. The molecule has 1 aromatic heterocycles. The molecule has 3 rings (SSSR count). The van der Waals surface area contributed by atoms with Crippen molar-refractivity contribution in [3.8, 4) is 11.5 Å². The number of amides is 1. The summed E-state index contributed by atoms with van der Waals surface area (Å²) in [6.07, 6.45) is 0. The Morgan fingerprint density at radius 3 is 2.48 bits per heavy atom. The molecule has 0 aliphatic rings. The highest BCUT2D eigenvalue weighted by Crippen LogP contribution is 2.23. The van der Waals surface area contributed by atoms with Crippen LogP contribution in [0.25, 0.3) is 11.0 Å². The summed E-state index contributed by atoms with van der Waals surface area (Å²) in [5.74, 6) is -0.232. The van der Waals surface area contributed by atoms with Gasteiger partial charge < -0.3 is 19.2 Å². The van der Waals surface area contributed by atoms with Crippen molar-refractivity contribution < 1.29 is 23.5 Å². The summed E-state index contributed by atoms with van der Waals surface area (Å²) in [4.78, 5) is 36.1. The fraction of sp³-hybridized carbons (Fsp3) is 0.227. The smallest absolute Gasteiger partial charge is 0.349 e. The minimum absolute atomic E-state index is 0.0777. The Bertz CT molecular complexity index is 1110. The van der Waals surface area contributed by atoms with Gasteiger partial charge in [0, 0.05) is 18.0 Å². The van der Waals surface area contributed by atoms with E-state index in [-0.39, 0.29) is 23.5 Å². The monoisotopic (exact) mass is 395 g/mol. The van der Waals surface area contributed by atoms with Gasteiger partial charge in [-0.05, 0) is 50.1 Å². The minimum Gasteiger partial charge on any atom is -0.481 e. The highest BCUT2D eigenvalue weighted by atomic mass is 16.6. The van der Waals surface area contributed by atoms with E-state index in [0.717, 1.165) is 11.1 Å². The lowest BCUT2D eigenvalue weighted by molar-refractivity contribution is -0.136. The summed E-state index contributed by atoms with van der Waals surface area (Å²) in [5, 5.41) is 3.10. The summed E-state index contributed by atoms with van der Waals surface area (Å²) in [7, 11) is 0. The summed E-state index contributed by atoms with van der Waals surface area (Å²) in [6, 6.07) is 11.7. The molecule has 0 aliphatic carbocycles. The van der Waals surface area contributed by atoms with Crippen molar-refractivity contribution in [3.05, 3.63) is 69.6 Å². The summed E-state index contributed by atoms with van der Waals surface area (Å²) in [6.45, 7) is 5.69. The van der Waals surface area contributed by atoms with E-state index in [9.17, 15) is 14.4 Å². The average Bonchev–Trinajstić information content (AvgIpc) is 2.67. The lowest BCUT2D eigenvalue weighted by Crippen LogP contribution is -2.27. The molecule has 0 unspecified atom stereocenters. The van der Waals surface area contributed by atoms with Gasteiger partial charge in [0.2, 0.25) is 0 Å². The van der Waals surface area contributed by atoms with Crippen LogP contribution in [0.1, 0.15) is 28.4 Å². The lowest BCUT2D eigenvalue weighted by Gasteiger charge is -2.11. The fourth-order valence-electron chi connectivity index (χ4n) is 2.89. The van der Waals surface area contributed by atoms with Crippen molar-refractivity contribution >= 4 is 22.8 Å². The molecule has 29 heavy (non-hydrogen) atoms. The number of hydrogen-bond acceptors (Lipinski definition) is 6. The third-order valence-electron chi connectivity index (χ3n) is 4.26. The van der Waals surface area contributed by atoms with E-state index in [2.05, 4.69) is 5.32 Å². The van der Waals surface area contributed by atoms with Crippen molar-refractivity contribution in [2.24, 2.45) is 0 Å². The minimum atomic E-state index is -0.759. The second kappa shape index (κ2) is 8.60. The van der Waals surface area contributed by atoms with Gasteiger partial charge in [-0.1, -0.05) is 18.2 Å². The van der Waals surface area contributed by atoms with E-state index < -0.39 is 17.5 Å². The molecule has 0 atom stereocenters. The van der Waals surface area contributed by atoms with E-state index in [1.807, 2.05) is 32.0 Å². The van der Waals surface area contributed by atoms with Gasteiger partial charge in [-0.3, -0.25) is 4.79 Å². The molecule has 0 spiro atoms. The number of rotatable bonds is 6. The van der Waals surface area contributed by atoms with Crippen LogP contribution >= 0.6 is 0 Å². The van der Waals surface area contributed by atoms with Gasteiger partial charge in [-0.15, -0.1) is 0 Å². The summed E-state index contributed by atoms with van der Waals surface area (Å²) >= 11 is 0. The Hall–Kier alpha value is -3.61. The van der Waals surface area contributed by atoms with Crippen molar-refractivity contribution in [2.75, 3.05) is 13.2 Å². The molecule has 0 fully saturated rings. The Balaban J connectivity index is 1.73. The number of hydrogen-bond donors (Lipinski definition) is 1. The van der Waals surface area contributed by atoms with Crippen molar-refractivity contribution in [3.63, 3.8) is 0 Å². The molecule has 0 aliphatic heterocycles. The average molecular weight is 395 g/mol. The third-order valence-corrected chi connectivity index (χ3v) is 4.26. The van der Waals surface area contributed by atoms with E-state index in [0.29, 0.717) is 17.7 Å². The maximum Gasteiger partial charge on any atom is 0.349 e. The molecular formula is C22H21NO6. The predicted molar refractivity (Wildman–Crippen MR) is 108 cm³/mol. The Morgan fingerprint density at radius 1 is 1.07 bits per heavy atom. The number of para-hydroxylation sites is 1. The zero-order valence-electron chi connectivity index (χ0n) is 16.4. The zero-order chi connectivity index (χ0) is 21.0. The quantitative estimate of drug-likeness (QED) is 0.391. The first-order chi connectivity index (χ1) is 13.9. The Kier molecular flexibility index (Phi) is 5.97. The molecule has 7 nitrogen and oxygen atoms in total. The largest absolute Gasteiger partial charge is 0.481 e. The number of carbonyl (C=O) groups excluding carboxylic acids is 2. The number of benzene rings is 2. The van der Waals surface area contributed by atoms with Crippen LogP contribution in [0.5, 0.6) is 11.5 Å². The maximum absolute atomic E-state index is 12.1. The number of ether oxygens (including phenoxy) is 2. The molecular weight excluding hydrogens is 374 g/mol. The topological polar surface area (TPSA) is 94.8 Å². The molecule has 1 amide bonds. The van der Waals surface area contributed by atoms with Crippen LogP contribution < -0.4 is 20.4 Å². The van der Waals surface area contributed by atoms with Crippen molar-refractivity contribution in [1.29, 1.82) is 0 Å². The predicted octanol–water partition coefficient (Wildman–Crippen LogP) is 3.14. The van der Waals surface area contributed by atoms with Crippen molar-refractivity contribution in [2.45, 2.75) is 20.8 Å². The molecule has 0 bridgehead atoms. The van der Waals surface area contributed by atoms with Crippen LogP contribution in [0.4, 0.5) is 0 Å². The summed E-state index contributed by atoms with van der Waals surface area (Å²) < 4.78 is 16.1. The zero-order valence-corrected chi connectivity index (χ0v) is 16.4. The van der Waals surface area contributed by atoms with Crippen LogP contribution in [0.3, 0.4) is 0 Å². The second-order valence-corrected chi connectivity index (χ2v) is 6.49. The standard InChI is InChI=1S/C22H21NO6/c1-4-23-21(25)17-10-15-8-9-16(11-18(15)29-22(17)26)28-19(24)12-27-20-13(2)6-5-7-14(20)3/h5-11H,4,12H2,1-3H3,(H,23,25). The maximum atomic E-state index is 12.1. The van der Waals surface area contributed by atoms with Gasteiger partial charge in [0.1, 0.15) is 22.6 Å². The third kappa shape index (κ3) is 4.63. The molecule has 2 aromatic carbocycles. The van der Waals surface area contributed by atoms with E-state index in [4.69, 9.17) is 13.9 Å². The molecule has 1 N–H and O–H groups in total. The Morgan fingerprint density at radius 2 is 1.79 bits per heavy atom. The van der Waals surface area contributed by atoms with Gasteiger partial charge in [0.15, 0.2) is 6.61 Å². The van der Waals surface area contributed by atoms with E-state index in [1.54, 1.807) is 19.1 Å². The highest BCUT2D eigenvalue weighted by molar-refractivity contribution is 5.96. The molecule has 1 heterocycles. The fourth-order valence-corrected chi connectivity index (χ4v) is 2.89. The van der Waals surface area contributed by atoms with Gasteiger partial charge in [0.25, 0.3) is 5.91 Å². The number of carbonyl (C=O) groups is 2. The molecule has 0 saturated heterocycles. The SMILES string of the molecule is CCNC(=O)c1cc2ccc(OC(=O)COc3c(C)cccc3C)cc2oc1=O. The van der Waals surface area contributed by atoms with Crippen LogP contribution in [-0.2, 0) is 4.79 Å². The molecule has 150 valence electrons.